The van der Waals surface area contributed by atoms with Crippen molar-refractivity contribution in [2.45, 2.75) is 19.3 Å². The molecule has 1 nitrogen and oxygen atoms in total. The maximum atomic E-state index is 6.09. The molecule has 0 aromatic heterocycles. The quantitative estimate of drug-likeness (QED) is 0.622. The highest BCUT2D eigenvalue weighted by Gasteiger charge is 2.22. The molecule has 1 unspecified atom stereocenters. The van der Waals surface area contributed by atoms with Crippen molar-refractivity contribution in [2.24, 2.45) is 0 Å². The first-order valence-corrected chi connectivity index (χ1v) is 5.97. The standard InChI is InChI=1S/C15H15BO/c1-10-3-6-13-12(9-10)5-4-11-7-8-15(2,16)17-14(11)13/h3-9H,16H2,1-2H3. The van der Waals surface area contributed by atoms with E-state index in [4.69, 9.17) is 4.74 Å². The van der Waals surface area contributed by atoms with Crippen molar-refractivity contribution in [3.05, 3.63) is 47.5 Å². The van der Waals surface area contributed by atoms with E-state index in [1.165, 1.54) is 21.9 Å². The fourth-order valence-electron chi connectivity index (χ4n) is 2.27. The van der Waals surface area contributed by atoms with Crippen molar-refractivity contribution in [2.75, 3.05) is 0 Å². The van der Waals surface area contributed by atoms with Gasteiger partial charge in [0.05, 0.1) is 5.50 Å². The smallest absolute Gasteiger partial charge is 0.163 e. The third-order valence-electron chi connectivity index (χ3n) is 3.19. The van der Waals surface area contributed by atoms with Crippen LogP contribution in [0.3, 0.4) is 0 Å². The number of rotatable bonds is 0. The number of benzene rings is 2. The second-order valence-corrected chi connectivity index (χ2v) is 5.25. The second-order valence-electron chi connectivity index (χ2n) is 5.25. The molecule has 17 heavy (non-hydrogen) atoms. The van der Waals surface area contributed by atoms with Gasteiger partial charge in [0.1, 0.15) is 5.75 Å². The topological polar surface area (TPSA) is 9.23 Å². The Morgan fingerprint density at radius 2 is 2.00 bits per heavy atom. The SMILES string of the molecule is BC1(C)C=Cc2ccc3cc(C)ccc3c2O1. The Balaban J connectivity index is 2.30. The van der Waals surface area contributed by atoms with Crippen molar-refractivity contribution in [3.63, 3.8) is 0 Å². The minimum absolute atomic E-state index is 0.216. The van der Waals surface area contributed by atoms with Gasteiger partial charge in [0.25, 0.3) is 0 Å². The summed E-state index contributed by atoms with van der Waals surface area (Å²) in [5, 5.41) is 2.44. The van der Waals surface area contributed by atoms with Crippen molar-refractivity contribution in [1.29, 1.82) is 0 Å². The second kappa shape index (κ2) is 3.40. The maximum Gasteiger partial charge on any atom is 0.163 e. The average molecular weight is 222 g/mol. The van der Waals surface area contributed by atoms with Crippen LogP contribution in [0.5, 0.6) is 5.75 Å². The molecule has 0 saturated heterocycles. The van der Waals surface area contributed by atoms with Gasteiger partial charge >= 0.3 is 0 Å². The average Bonchev–Trinajstić information content (AvgIpc) is 2.27. The normalized spacial score (nSPS) is 22.2. The molecular formula is C15H15BO. The Labute approximate surface area is 103 Å². The summed E-state index contributed by atoms with van der Waals surface area (Å²) >= 11 is 0. The summed E-state index contributed by atoms with van der Waals surface area (Å²) in [6, 6.07) is 10.8. The zero-order chi connectivity index (χ0) is 12.0. The lowest BCUT2D eigenvalue weighted by atomic mass is 9.81. The molecule has 0 spiro atoms. The molecule has 0 saturated carbocycles. The molecule has 0 fully saturated rings. The molecular weight excluding hydrogens is 207 g/mol. The van der Waals surface area contributed by atoms with E-state index in [9.17, 15) is 0 Å². The maximum absolute atomic E-state index is 6.09. The van der Waals surface area contributed by atoms with Gasteiger partial charge in [-0.2, -0.15) is 0 Å². The zero-order valence-corrected chi connectivity index (χ0v) is 10.4. The van der Waals surface area contributed by atoms with Gasteiger partial charge in [0.2, 0.25) is 0 Å². The molecule has 1 aliphatic heterocycles. The van der Waals surface area contributed by atoms with Gasteiger partial charge in [0.15, 0.2) is 7.85 Å². The first-order valence-electron chi connectivity index (χ1n) is 5.97. The van der Waals surface area contributed by atoms with Crippen molar-refractivity contribution < 1.29 is 4.74 Å². The Hall–Kier alpha value is -1.70. The van der Waals surface area contributed by atoms with Gasteiger partial charge in [-0.05, 0) is 19.2 Å². The lowest BCUT2D eigenvalue weighted by Crippen LogP contribution is -2.32. The fraction of sp³-hybridized carbons (Fsp3) is 0.200. The monoisotopic (exact) mass is 222 g/mol. The van der Waals surface area contributed by atoms with Crippen molar-refractivity contribution in [3.8, 4) is 5.75 Å². The molecule has 0 N–H and O–H groups in total. The van der Waals surface area contributed by atoms with E-state index in [2.05, 4.69) is 64.2 Å². The van der Waals surface area contributed by atoms with Crippen molar-refractivity contribution >= 4 is 24.7 Å². The van der Waals surface area contributed by atoms with Crippen LogP contribution in [-0.2, 0) is 0 Å². The van der Waals surface area contributed by atoms with Crippen LogP contribution in [0.2, 0.25) is 0 Å². The molecule has 2 aromatic rings. The Morgan fingerprint density at radius 1 is 1.18 bits per heavy atom. The van der Waals surface area contributed by atoms with E-state index in [0.717, 1.165) is 5.75 Å². The van der Waals surface area contributed by atoms with Gasteiger partial charge in [-0.3, -0.25) is 0 Å². The predicted octanol–water partition coefficient (Wildman–Crippen LogP) is 2.90. The minimum atomic E-state index is -0.216. The minimum Gasteiger partial charge on any atom is -0.492 e. The van der Waals surface area contributed by atoms with Crippen LogP contribution in [0, 0.1) is 6.92 Å². The summed E-state index contributed by atoms with van der Waals surface area (Å²) in [7, 11) is 2.08. The van der Waals surface area contributed by atoms with Crippen LogP contribution in [-0.4, -0.2) is 13.3 Å². The third kappa shape index (κ3) is 1.74. The van der Waals surface area contributed by atoms with Gasteiger partial charge in [0, 0.05) is 10.9 Å². The molecule has 1 atom stereocenters. The zero-order valence-electron chi connectivity index (χ0n) is 10.4. The molecule has 1 heterocycles. The number of hydrogen-bond acceptors (Lipinski definition) is 1. The summed E-state index contributed by atoms with van der Waals surface area (Å²) in [4.78, 5) is 0. The molecule has 2 aromatic carbocycles. The highest BCUT2D eigenvalue weighted by molar-refractivity contribution is 6.16. The van der Waals surface area contributed by atoms with E-state index in [-0.39, 0.29) is 5.50 Å². The number of hydrogen-bond donors (Lipinski definition) is 0. The summed E-state index contributed by atoms with van der Waals surface area (Å²) in [5.74, 6) is 1.01. The molecule has 0 aliphatic carbocycles. The van der Waals surface area contributed by atoms with Crippen LogP contribution in [0.25, 0.3) is 16.8 Å². The first-order chi connectivity index (χ1) is 8.05. The van der Waals surface area contributed by atoms with Crippen LogP contribution in [0.4, 0.5) is 0 Å². The summed E-state index contributed by atoms with van der Waals surface area (Å²) in [6.45, 7) is 4.20. The summed E-state index contributed by atoms with van der Waals surface area (Å²) in [5.41, 5.74) is 2.23. The Bertz CT molecular complexity index is 626. The third-order valence-corrected chi connectivity index (χ3v) is 3.19. The highest BCUT2D eigenvalue weighted by atomic mass is 16.5. The molecule has 2 heteroatoms. The first kappa shape index (κ1) is 10.5. The van der Waals surface area contributed by atoms with E-state index in [0.29, 0.717) is 0 Å². The van der Waals surface area contributed by atoms with Gasteiger partial charge in [-0.1, -0.05) is 48.0 Å². The van der Waals surface area contributed by atoms with Gasteiger partial charge < -0.3 is 4.74 Å². The lowest BCUT2D eigenvalue weighted by molar-refractivity contribution is 0.227. The van der Waals surface area contributed by atoms with Crippen LogP contribution in [0.15, 0.2) is 36.4 Å². The Kier molecular flexibility index (Phi) is 2.09. The predicted molar refractivity (Wildman–Crippen MR) is 75.3 cm³/mol. The number of fused-ring (bicyclic) bond motifs is 3. The van der Waals surface area contributed by atoms with Crippen molar-refractivity contribution in [1.82, 2.24) is 0 Å². The van der Waals surface area contributed by atoms with E-state index in [1.807, 2.05) is 0 Å². The van der Waals surface area contributed by atoms with Crippen LogP contribution in [0.1, 0.15) is 18.1 Å². The fourth-order valence-corrected chi connectivity index (χ4v) is 2.27. The summed E-state index contributed by atoms with van der Waals surface area (Å²) in [6.07, 6.45) is 4.26. The van der Waals surface area contributed by atoms with Gasteiger partial charge in [-0.15, -0.1) is 0 Å². The molecule has 0 amide bonds. The van der Waals surface area contributed by atoms with Crippen LogP contribution >= 0.6 is 0 Å². The lowest BCUT2D eigenvalue weighted by Gasteiger charge is -2.29. The molecule has 3 rings (SSSR count). The molecule has 0 bridgehead atoms. The van der Waals surface area contributed by atoms with E-state index in [1.54, 1.807) is 0 Å². The van der Waals surface area contributed by atoms with E-state index >= 15 is 0 Å². The Morgan fingerprint density at radius 3 is 2.82 bits per heavy atom. The molecule has 1 aliphatic rings. The van der Waals surface area contributed by atoms with Crippen LogP contribution < -0.4 is 4.74 Å². The molecule has 0 radical (unpaired) electrons. The van der Waals surface area contributed by atoms with E-state index < -0.39 is 0 Å². The number of ether oxygens (including phenoxy) is 1. The number of aryl methyl sites for hydroxylation is 1. The highest BCUT2D eigenvalue weighted by Crippen LogP contribution is 2.36. The molecule has 84 valence electrons. The largest absolute Gasteiger partial charge is 0.492 e. The summed E-state index contributed by atoms with van der Waals surface area (Å²) < 4.78 is 6.09. The van der Waals surface area contributed by atoms with Gasteiger partial charge in [-0.25, -0.2) is 0 Å².